The molecule has 0 fully saturated rings. The van der Waals surface area contributed by atoms with Crippen molar-refractivity contribution >= 4 is 23.8 Å². The van der Waals surface area contributed by atoms with Crippen molar-refractivity contribution in [1.82, 2.24) is 0 Å². The van der Waals surface area contributed by atoms with Crippen LogP contribution in [0.25, 0.3) is 12.2 Å². The zero-order valence-corrected chi connectivity index (χ0v) is 9.72. The van der Waals surface area contributed by atoms with E-state index in [0.717, 1.165) is 5.56 Å². The van der Waals surface area contributed by atoms with E-state index in [2.05, 4.69) is 0 Å². The maximum Gasteiger partial charge on any atom is 0.164 e. The predicted molar refractivity (Wildman–Crippen MR) is 70.2 cm³/mol. The Labute approximate surface area is 104 Å². The Kier molecular flexibility index (Phi) is 3.35. The number of phenolic OH excluding ortho intramolecular Hbond substituents is 2. The minimum absolute atomic E-state index is 0.113. The van der Waals surface area contributed by atoms with Crippen LogP contribution in [0.15, 0.2) is 42.5 Å². The molecule has 2 nitrogen and oxygen atoms in total. The molecule has 0 saturated heterocycles. The highest BCUT2D eigenvalue weighted by molar-refractivity contribution is 6.30. The second kappa shape index (κ2) is 4.93. The van der Waals surface area contributed by atoms with Gasteiger partial charge in [-0.05, 0) is 23.8 Å². The standard InChI is InChI=1S/C14H11ClO2/c15-12-8-5-10(6-9-12)4-7-11-2-1-3-13(16)14(11)17/h1-9,16-17H/b7-4+. The van der Waals surface area contributed by atoms with Gasteiger partial charge in [-0.2, -0.15) is 0 Å². The fraction of sp³-hybridized carbons (Fsp3) is 0. The van der Waals surface area contributed by atoms with Gasteiger partial charge in [0.25, 0.3) is 0 Å². The van der Waals surface area contributed by atoms with Crippen LogP contribution in [0.4, 0.5) is 0 Å². The van der Waals surface area contributed by atoms with E-state index in [1.165, 1.54) is 6.07 Å². The normalized spacial score (nSPS) is 10.9. The Morgan fingerprint density at radius 2 is 1.59 bits per heavy atom. The van der Waals surface area contributed by atoms with Gasteiger partial charge in [-0.25, -0.2) is 0 Å². The summed E-state index contributed by atoms with van der Waals surface area (Å²) in [6, 6.07) is 12.2. The molecule has 2 aromatic rings. The van der Waals surface area contributed by atoms with Gasteiger partial charge in [0.15, 0.2) is 11.5 Å². The van der Waals surface area contributed by atoms with E-state index in [-0.39, 0.29) is 11.5 Å². The quantitative estimate of drug-likeness (QED) is 0.623. The van der Waals surface area contributed by atoms with Gasteiger partial charge in [0.1, 0.15) is 0 Å². The van der Waals surface area contributed by atoms with Crippen molar-refractivity contribution in [1.29, 1.82) is 0 Å². The van der Waals surface area contributed by atoms with Crippen molar-refractivity contribution in [2.45, 2.75) is 0 Å². The highest BCUT2D eigenvalue weighted by Gasteiger charge is 2.01. The summed E-state index contributed by atoms with van der Waals surface area (Å²) in [7, 11) is 0. The molecular weight excluding hydrogens is 236 g/mol. The Hall–Kier alpha value is -1.93. The molecule has 0 atom stereocenters. The van der Waals surface area contributed by atoms with E-state index in [0.29, 0.717) is 10.6 Å². The first-order chi connectivity index (χ1) is 8.16. The lowest BCUT2D eigenvalue weighted by molar-refractivity contribution is 0.403. The van der Waals surface area contributed by atoms with Gasteiger partial charge in [-0.1, -0.05) is 48.0 Å². The van der Waals surface area contributed by atoms with Gasteiger partial charge >= 0.3 is 0 Å². The number of rotatable bonds is 2. The summed E-state index contributed by atoms with van der Waals surface area (Å²) in [5, 5.41) is 19.6. The molecule has 0 aliphatic carbocycles. The van der Waals surface area contributed by atoms with E-state index in [1.54, 1.807) is 30.3 Å². The summed E-state index contributed by atoms with van der Waals surface area (Å²) in [5.74, 6) is -0.235. The molecule has 0 bridgehead atoms. The molecule has 2 aromatic carbocycles. The van der Waals surface area contributed by atoms with Crippen LogP contribution in [0.5, 0.6) is 11.5 Å². The molecule has 0 spiro atoms. The van der Waals surface area contributed by atoms with E-state index in [4.69, 9.17) is 11.6 Å². The lowest BCUT2D eigenvalue weighted by Crippen LogP contribution is -1.76. The minimum atomic E-state index is -0.122. The first kappa shape index (κ1) is 11.6. The van der Waals surface area contributed by atoms with Crippen LogP contribution < -0.4 is 0 Å². The number of hydrogen-bond acceptors (Lipinski definition) is 2. The number of phenols is 2. The zero-order chi connectivity index (χ0) is 12.3. The minimum Gasteiger partial charge on any atom is -0.504 e. The molecule has 0 unspecified atom stereocenters. The SMILES string of the molecule is Oc1cccc(/C=C/c2ccc(Cl)cc2)c1O. The van der Waals surface area contributed by atoms with Crippen LogP contribution in [-0.4, -0.2) is 10.2 Å². The predicted octanol–water partition coefficient (Wildman–Crippen LogP) is 3.92. The third kappa shape index (κ3) is 2.80. The molecule has 17 heavy (non-hydrogen) atoms. The Bertz CT molecular complexity index is 545. The number of halogens is 1. The van der Waals surface area contributed by atoms with Gasteiger partial charge < -0.3 is 10.2 Å². The van der Waals surface area contributed by atoms with E-state index in [9.17, 15) is 10.2 Å². The molecule has 0 saturated carbocycles. The second-order valence-corrected chi connectivity index (χ2v) is 4.04. The molecule has 0 aromatic heterocycles. The molecule has 3 heteroatoms. The first-order valence-corrected chi connectivity index (χ1v) is 5.49. The molecule has 0 aliphatic rings. The molecule has 0 aliphatic heterocycles. The van der Waals surface area contributed by atoms with E-state index >= 15 is 0 Å². The van der Waals surface area contributed by atoms with Crippen molar-refractivity contribution < 1.29 is 10.2 Å². The van der Waals surface area contributed by atoms with Crippen LogP contribution >= 0.6 is 11.6 Å². The monoisotopic (exact) mass is 246 g/mol. The molecular formula is C14H11ClO2. The third-order valence-electron chi connectivity index (χ3n) is 2.37. The summed E-state index contributed by atoms with van der Waals surface area (Å²) >= 11 is 5.78. The molecule has 2 N–H and O–H groups in total. The zero-order valence-electron chi connectivity index (χ0n) is 8.97. The average molecular weight is 247 g/mol. The average Bonchev–Trinajstić information content (AvgIpc) is 2.33. The molecule has 0 heterocycles. The largest absolute Gasteiger partial charge is 0.504 e. The highest BCUT2D eigenvalue weighted by Crippen LogP contribution is 2.29. The van der Waals surface area contributed by atoms with Gasteiger partial charge in [0, 0.05) is 10.6 Å². The smallest absolute Gasteiger partial charge is 0.164 e. The molecule has 0 amide bonds. The van der Waals surface area contributed by atoms with E-state index in [1.807, 2.05) is 18.2 Å². The maximum absolute atomic E-state index is 9.60. The number of aromatic hydroxyl groups is 2. The van der Waals surface area contributed by atoms with Crippen LogP contribution in [-0.2, 0) is 0 Å². The Balaban J connectivity index is 2.26. The van der Waals surface area contributed by atoms with Gasteiger partial charge in [0.2, 0.25) is 0 Å². The van der Waals surface area contributed by atoms with Crippen molar-refractivity contribution in [2.24, 2.45) is 0 Å². The second-order valence-electron chi connectivity index (χ2n) is 3.60. The number of benzene rings is 2. The van der Waals surface area contributed by atoms with Gasteiger partial charge in [0.05, 0.1) is 0 Å². The first-order valence-electron chi connectivity index (χ1n) is 5.11. The van der Waals surface area contributed by atoms with Gasteiger partial charge in [-0.15, -0.1) is 0 Å². The van der Waals surface area contributed by atoms with Crippen LogP contribution in [0.3, 0.4) is 0 Å². The highest BCUT2D eigenvalue weighted by atomic mass is 35.5. The Morgan fingerprint density at radius 1 is 0.882 bits per heavy atom. The van der Waals surface area contributed by atoms with Crippen molar-refractivity contribution in [3.05, 3.63) is 58.6 Å². The lowest BCUT2D eigenvalue weighted by Gasteiger charge is -2.01. The summed E-state index contributed by atoms with van der Waals surface area (Å²) in [6.45, 7) is 0. The maximum atomic E-state index is 9.60. The van der Waals surface area contributed by atoms with Crippen LogP contribution in [0, 0.1) is 0 Å². The van der Waals surface area contributed by atoms with Crippen molar-refractivity contribution in [3.8, 4) is 11.5 Å². The Morgan fingerprint density at radius 3 is 2.29 bits per heavy atom. The topological polar surface area (TPSA) is 40.5 Å². The summed E-state index contributed by atoms with van der Waals surface area (Å²) < 4.78 is 0. The third-order valence-corrected chi connectivity index (χ3v) is 2.62. The number of para-hydroxylation sites is 1. The number of hydrogen-bond donors (Lipinski definition) is 2. The fourth-order valence-corrected chi connectivity index (χ4v) is 1.57. The van der Waals surface area contributed by atoms with Crippen molar-refractivity contribution in [3.63, 3.8) is 0 Å². The molecule has 86 valence electrons. The summed E-state index contributed by atoms with van der Waals surface area (Å²) in [6.07, 6.45) is 3.57. The van der Waals surface area contributed by atoms with Crippen LogP contribution in [0.1, 0.15) is 11.1 Å². The van der Waals surface area contributed by atoms with Gasteiger partial charge in [-0.3, -0.25) is 0 Å². The van der Waals surface area contributed by atoms with Crippen molar-refractivity contribution in [2.75, 3.05) is 0 Å². The lowest BCUT2D eigenvalue weighted by atomic mass is 10.1. The molecule has 2 rings (SSSR count). The molecule has 0 radical (unpaired) electrons. The van der Waals surface area contributed by atoms with E-state index < -0.39 is 0 Å². The summed E-state index contributed by atoms with van der Waals surface area (Å²) in [4.78, 5) is 0. The summed E-state index contributed by atoms with van der Waals surface area (Å²) in [5.41, 5.74) is 1.54. The van der Waals surface area contributed by atoms with Crippen LogP contribution in [0.2, 0.25) is 5.02 Å². The fourth-order valence-electron chi connectivity index (χ4n) is 1.44.